The average Bonchev–Trinajstić information content (AvgIpc) is 2.73. The normalized spacial score (nSPS) is 14.2. The van der Waals surface area contributed by atoms with Gasteiger partial charge in [-0.2, -0.15) is 0 Å². The molecule has 2 rings (SSSR count). The van der Waals surface area contributed by atoms with Crippen molar-refractivity contribution in [2.45, 2.75) is 0 Å². The van der Waals surface area contributed by atoms with Gasteiger partial charge in [-0.15, -0.1) is 0 Å². The Morgan fingerprint density at radius 1 is 1.30 bits per heavy atom. The number of urea groups is 2. The van der Waals surface area contributed by atoms with Gasteiger partial charge >= 0.3 is 12.1 Å². The smallest absolute Gasteiger partial charge is 0.324 e. The van der Waals surface area contributed by atoms with Gasteiger partial charge in [0.15, 0.2) is 0 Å². The maximum absolute atomic E-state index is 11.6. The van der Waals surface area contributed by atoms with Crippen LogP contribution in [0.3, 0.4) is 0 Å². The predicted octanol–water partition coefficient (Wildman–Crippen LogP) is 1.01. The summed E-state index contributed by atoms with van der Waals surface area (Å²) in [4.78, 5) is 35.2. The highest BCUT2D eigenvalue weighted by molar-refractivity contribution is 6.30. The van der Waals surface area contributed by atoms with Gasteiger partial charge in [-0.25, -0.2) is 9.59 Å². The fourth-order valence-electron chi connectivity index (χ4n) is 1.67. The number of rotatable bonds is 4. The number of nitrogens with one attached hydrogen (secondary N) is 3. The summed E-state index contributed by atoms with van der Waals surface area (Å²) in [5.41, 5.74) is 0.599. The van der Waals surface area contributed by atoms with E-state index in [0.717, 1.165) is 4.90 Å². The molecule has 7 nitrogen and oxygen atoms in total. The number of imide groups is 1. The zero-order valence-corrected chi connectivity index (χ0v) is 11.2. The van der Waals surface area contributed by atoms with Gasteiger partial charge in [0.05, 0.1) is 6.54 Å². The van der Waals surface area contributed by atoms with Crippen molar-refractivity contribution in [3.8, 4) is 0 Å². The second kappa shape index (κ2) is 6.25. The molecule has 1 aromatic carbocycles. The second-order valence-corrected chi connectivity index (χ2v) is 4.53. The molecule has 1 heterocycles. The van der Waals surface area contributed by atoms with Crippen molar-refractivity contribution in [2.75, 3.05) is 25.0 Å². The first-order valence-corrected chi connectivity index (χ1v) is 6.32. The zero-order chi connectivity index (χ0) is 14.5. The minimum absolute atomic E-state index is 0.00973. The van der Waals surface area contributed by atoms with Crippen LogP contribution in [0.25, 0.3) is 0 Å². The van der Waals surface area contributed by atoms with Gasteiger partial charge in [-0.05, 0) is 24.3 Å². The molecule has 1 fully saturated rings. The third kappa shape index (κ3) is 3.61. The first kappa shape index (κ1) is 14.1. The van der Waals surface area contributed by atoms with Gasteiger partial charge in [-0.1, -0.05) is 11.6 Å². The van der Waals surface area contributed by atoms with Crippen molar-refractivity contribution in [3.05, 3.63) is 29.3 Å². The molecule has 8 heteroatoms. The van der Waals surface area contributed by atoms with Crippen molar-refractivity contribution in [2.24, 2.45) is 0 Å². The second-order valence-electron chi connectivity index (χ2n) is 4.09. The van der Waals surface area contributed by atoms with E-state index >= 15 is 0 Å². The molecule has 1 saturated heterocycles. The summed E-state index contributed by atoms with van der Waals surface area (Å²) in [6.07, 6.45) is 0. The molecule has 0 unspecified atom stereocenters. The van der Waals surface area contributed by atoms with Gasteiger partial charge in [-0.3, -0.25) is 9.69 Å². The highest BCUT2D eigenvalue weighted by Crippen LogP contribution is 2.12. The largest absolute Gasteiger partial charge is 0.336 e. The van der Waals surface area contributed by atoms with E-state index in [0.29, 0.717) is 10.7 Å². The van der Waals surface area contributed by atoms with Gasteiger partial charge in [0, 0.05) is 23.8 Å². The van der Waals surface area contributed by atoms with Crippen LogP contribution in [-0.4, -0.2) is 42.5 Å². The number of halogens is 1. The fourth-order valence-corrected chi connectivity index (χ4v) is 1.80. The molecule has 0 spiro atoms. The average molecular weight is 297 g/mol. The van der Waals surface area contributed by atoms with Crippen molar-refractivity contribution >= 4 is 35.3 Å². The monoisotopic (exact) mass is 296 g/mol. The summed E-state index contributed by atoms with van der Waals surface area (Å²) in [5, 5.41) is 8.14. The topological polar surface area (TPSA) is 90.5 Å². The summed E-state index contributed by atoms with van der Waals surface area (Å²) in [6.45, 7) is 0.326. The molecule has 0 atom stereocenters. The molecule has 1 aliphatic heterocycles. The van der Waals surface area contributed by atoms with Gasteiger partial charge < -0.3 is 16.0 Å². The summed E-state index contributed by atoms with van der Waals surface area (Å²) in [7, 11) is 0. The Bertz CT molecular complexity index is 516. The molecule has 106 valence electrons. The number of amides is 5. The molecular weight excluding hydrogens is 284 g/mol. The summed E-state index contributed by atoms with van der Waals surface area (Å²) in [5.74, 6) is -0.296. The molecule has 3 N–H and O–H groups in total. The van der Waals surface area contributed by atoms with Gasteiger partial charge in [0.2, 0.25) is 5.91 Å². The number of anilines is 1. The number of hydrogen-bond acceptors (Lipinski definition) is 3. The Balaban J connectivity index is 1.74. The van der Waals surface area contributed by atoms with E-state index in [1.54, 1.807) is 24.3 Å². The number of nitrogens with zero attached hydrogens (tertiary/aromatic N) is 1. The van der Waals surface area contributed by atoms with Gasteiger partial charge in [0.1, 0.15) is 0 Å². The Morgan fingerprint density at radius 3 is 2.60 bits per heavy atom. The van der Waals surface area contributed by atoms with E-state index in [1.165, 1.54) is 0 Å². The van der Waals surface area contributed by atoms with Crippen LogP contribution >= 0.6 is 11.6 Å². The molecule has 0 bridgehead atoms. The molecule has 5 amide bonds. The number of carbonyl (C=O) groups is 3. The van der Waals surface area contributed by atoms with Crippen LogP contribution in [0.2, 0.25) is 5.02 Å². The minimum Gasteiger partial charge on any atom is -0.336 e. The standard InChI is InChI=1S/C12H13ClN4O3/c13-8-1-3-9(4-2-8)16-11(19)14-5-6-17-10(18)7-15-12(17)20/h1-4H,5-7H2,(H,15,20)(H2,14,16,19). The Hall–Kier alpha value is -2.28. The lowest BCUT2D eigenvalue weighted by Gasteiger charge is -2.13. The lowest BCUT2D eigenvalue weighted by molar-refractivity contribution is -0.124. The third-order valence-corrected chi connectivity index (χ3v) is 2.91. The first-order valence-electron chi connectivity index (χ1n) is 5.95. The SMILES string of the molecule is O=C(NCCN1C(=O)CNC1=O)Nc1ccc(Cl)cc1. The van der Waals surface area contributed by atoms with E-state index in [2.05, 4.69) is 16.0 Å². The molecule has 0 aliphatic carbocycles. The molecule has 20 heavy (non-hydrogen) atoms. The van der Waals surface area contributed by atoms with Crippen LogP contribution in [0, 0.1) is 0 Å². The lowest BCUT2D eigenvalue weighted by Crippen LogP contribution is -2.39. The fraction of sp³-hybridized carbons (Fsp3) is 0.250. The zero-order valence-electron chi connectivity index (χ0n) is 10.5. The van der Waals surface area contributed by atoms with E-state index in [4.69, 9.17) is 11.6 Å². The van der Waals surface area contributed by atoms with E-state index < -0.39 is 12.1 Å². The molecule has 1 aromatic rings. The minimum atomic E-state index is -0.435. The van der Waals surface area contributed by atoms with E-state index in [9.17, 15) is 14.4 Å². The van der Waals surface area contributed by atoms with Gasteiger partial charge in [0.25, 0.3) is 0 Å². The van der Waals surface area contributed by atoms with E-state index in [1.807, 2.05) is 0 Å². The molecule has 0 radical (unpaired) electrons. The Morgan fingerprint density at radius 2 is 2.00 bits per heavy atom. The molecule has 0 saturated carbocycles. The maximum Gasteiger partial charge on any atom is 0.324 e. The summed E-state index contributed by atoms with van der Waals surface area (Å²) < 4.78 is 0. The van der Waals surface area contributed by atoms with Crippen LogP contribution in [0.5, 0.6) is 0 Å². The van der Waals surface area contributed by atoms with Crippen LogP contribution in [-0.2, 0) is 4.79 Å². The third-order valence-electron chi connectivity index (χ3n) is 2.66. The number of carbonyl (C=O) groups excluding carboxylic acids is 3. The Kier molecular flexibility index (Phi) is 4.41. The molecule has 0 aromatic heterocycles. The highest BCUT2D eigenvalue weighted by Gasteiger charge is 2.27. The summed E-state index contributed by atoms with van der Waals surface area (Å²) in [6, 6.07) is 5.79. The highest BCUT2D eigenvalue weighted by atomic mass is 35.5. The predicted molar refractivity (Wildman–Crippen MR) is 73.6 cm³/mol. The maximum atomic E-state index is 11.6. The quantitative estimate of drug-likeness (QED) is 0.724. The number of hydrogen-bond donors (Lipinski definition) is 3. The van der Waals surface area contributed by atoms with Crippen molar-refractivity contribution in [1.82, 2.24) is 15.5 Å². The first-order chi connectivity index (χ1) is 9.56. The van der Waals surface area contributed by atoms with E-state index in [-0.39, 0.29) is 25.5 Å². The lowest BCUT2D eigenvalue weighted by atomic mass is 10.3. The van der Waals surface area contributed by atoms with Crippen LogP contribution in [0.15, 0.2) is 24.3 Å². The Labute approximate surface area is 120 Å². The molecule has 1 aliphatic rings. The van der Waals surface area contributed by atoms with Crippen molar-refractivity contribution < 1.29 is 14.4 Å². The van der Waals surface area contributed by atoms with Crippen LogP contribution < -0.4 is 16.0 Å². The summed E-state index contributed by atoms with van der Waals surface area (Å²) >= 11 is 5.73. The van der Waals surface area contributed by atoms with Crippen LogP contribution in [0.1, 0.15) is 0 Å². The molecular formula is C12H13ClN4O3. The number of benzene rings is 1. The van der Waals surface area contributed by atoms with Crippen molar-refractivity contribution in [1.29, 1.82) is 0 Å². The van der Waals surface area contributed by atoms with Crippen LogP contribution in [0.4, 0.5) is 15.3 Å². The van der Waals surface area contributed by atoms with Crippen molar-refractivity contribution in [3.63, 3.8) is 0 Å².